The number of H-pyrrole nitrogens is 1. The summed E-state index contributed by atoms with van der Waals surface area (Å²) in [5.74, 6) is 0.226. The molecule has 0 amide bonds. The maximum Gasteiger partial charge on any atom is 0.274 e. The Hall–Kier alpha value is -2.50. The van der Waals surface area contributed by atoms with Gasteiger partial charge in [0.05, 0.1) is 5.71 Å². The molecular weight excluding hydrogens is 278 g/mol. The molecule has 0 spiro atoms. The zero-order chi connectivity index (χ0) is 16.3. The number of benzene rings is 1. The normalized spacial score (nSPS) is 12.3. The third kappa shape index (κ3) is 3.78. The van der Waals surface area contributed by atoms with Crippen LogP contribution in [0.15, 0.2) is 34.2 Å². The van der Waals surface area contributed by atoms with Gasteiger partial charge in [-0.3, -0.25) is 9.78 Å². The molecule has 1 aromatic carbocycles. The Morgan fingerprint density at radius 2 is 1.82 bits per heavy atom. The Labute approximate surface area is 129 Å². The molecule has 0 bridgehead atoms. The number of aryl methyl sites for hydroxylation is 1. The van der Waals surface area contributed by atoms with Crippen LogP contribution in [-0.2, 0) is 5.41 Å². The first-order chi connectivity index (χ1) is 10.3. The summed E-state index contributed by atoms with van der Waals surface area (Å²) in [4.78, 5) is 14.6. The molecule has 0 radical (unpaired) electrons. The van der Waals surface area contributed by atoms with Crippen molar-refractivity contribution in [2.24, 2.45) is 5.10 Å². The maximum atomic E-state index is 12.0. The van der Waals surface area contributed by atoms with Gasteiger partial charge < -0.3 is 0 Å². The van der Waals surface area contributed by atoms with Gasteiger partial charge in [-0.1, -0.05) is 50.6 Å². The van der Waals surface area contributed by atoms with Gasteiger partial charge in [-0.05, 0) is 19.4 Å². The minimum atomic E-state index is -0.347. The van der Waals surface area contributed by atoms with Crippen LogP contribution in [0, 0.1) is 6.92 Å². The van der Waals surface area contributed by atoms with Crippen LogP contribution in [0.5, 0.6) is 0 Å². The molecule has 116 valence electrons. The summed E-state index contributed by atoms with van der Waals surface area (Å²) in [7, 11) is 0. The fraction of sp³-hybridized carbons (Fsp3) is 0.375. The number of hydrogen-bond acceptors (Lipinski definition) is 5. The molecule has 0 aliphatic carbocycles. The first-order valence-electron chi connectivity index (χ1n) is 7.12. The van der Waals surface area contributed by atoms with Crippen molar-refractivity contribution in [1.29, 1.82) is 0 Å². The second-order valence-corrected chi connectivity index (χ2v) is 6.28. The van der Waals surface area contributed by atoms with Gasteiger partial charge in [0.2, 0.25) is 5.95 Å². The molecule has 22 heavy (non-hydrogen) atoms. The van der Waals surface area contributed by atoms with Crippen molar-refractivity contribution in [2.45, 2.75) is 40.0 Å². The van der Waals surface area contributed by atoms with Crippen LogP contribution in [-0.4, -0.2) is 20.9 Å². The Balaban J connectivity index is 2.18. The molecule has 0 fully saturated rings. The van der Waals surface area contributed by atoms with E-state index in [-0.39, 0.29) is 16.9 Å². The van der Waals surface area contributed by atoms with Crippen molar-refractivity contribution in [2.75, 3.05) is 5.43 Å². The molecule has 1 heterocycles. The van der Waals surface area contributed by atoms with Crippen molar-refractivity contribution in [1.82, 2.24) is 15.2 Å². The SMILES string of the molecule is CC(=NNc1nnc(C(C)(C)C)c(=O)[nH]1)c1ccc(C)cc1. The Morgan fingerprint density at radius 3 is 2.36 bits per heavy atom. The fourth-order valence-electron chi connectivity index (χ4n) is 1.87. The van der Waals surface area contributed by atoms with E-state index in [1.54, 1.807) is 0 Å². The highest BCUT2D eigenvalue weighted by Crippen LogP contribution is 2.15. The number of aromatic nitrogens is 3. The topological polar surface area (TPSA) is 83.0 Å². The second-order valence-electron chi connectivity index (χ2n) is 6.28. The molecule has 2 rings (SSSR count). The van der Waals surface area contributed by atoms with Gasteiger partial charge in [0.1, 0.15) is 5.69 Å². The van der Waals surface area contributed by atoms with Gasteiger partial charge >= 0.3 is 0 Å². The van der Waals surface area contributed by atoms with Gasteiger partial charge in [0.25, 0.3) is 5.56 Å². The van der Waals surface area contributed by atoms with Crippen molar-refractivity contribution < 1.29 is 0 Å². The number of hydrogen-bond donors (Lipinski definition) is 2. The van der Waals surface area contributed by atoms with E-state index in [4.69, 9.17) is 0 Å². The first kappa shape index (κ1) is 15.9. The standard InChI is InChI=1S/C16H21N5O/c1-10-6-8-12(9-7-10)11(2)18-20-15-17-14(22)13(19-21-15)16(3,4)5/h6-9H,1-5H3,(H2,17,20,21,22). The molecule has 6 heteroatoms. The lowest BCUT2D eigenvalue weighted by Crippen LogP contribution is -2.28. The van der Waals surface area contributed by atoms with E-state index < -0.39 is 0 Å². The number of rotatable bonds is 3. The predicted molar refractivity (Wildman–Crippen MR) is 88.4 cm³/mol. The van der Waals surface area contributed by atoms with Crippen molar-refractivity contribution >= 4 is 11.7 Å². The Kier molecular flexibility index (Phi) is 4.40. The molecule has 6 nitrogen and oxygen atoms in total. The summed E-state index contributed by atoms with van der Waals surface area (Å²) in [5.41, 5.74) is 5.52. The highest BCUT2D eigenvalue weighted by Gasteiger charge is 2.20. The lowest BCUT2D eigenvalue weighted by Gasteiger charge is -2.15. The fourth-order valence-corrected chi connectivity index (χ4v) is 1.87. The smallest absolute Gasteiger partial charge is 0.274 e. The minimum absolute atomic E-state index is 0.226. The molecule has 2 N–H and O–H groups in total. The number of nitrogens with one attached hydrogen (secondary N) is 2. The van der Waals surface area contributed by atoms with Crippen molar-refractivity contribution in [3.05, 3.63) is 51.4 Å². The highest BCUT2D eigenvalue weighted by atomic mass is 16.1. The maximum absolute atomic E-state index is 12.0. The van der Waals surface area contributed by atoms with Crippen molar-refractivity contribution in [3.8, 4) is 0 Å². The van der Waals surface area contributed by atoms with Crippen molar-refractivity contribution in [3.63, 3.8) is 0 Å². The molecule has 1 aromatic heterocycles. The summed E-state index contributed by atoms with van der Waals surface area (Å²) < 4.78 is 0. The monoisotopic (exact) mass is 299 g/mol. The zero-order valence-corrected chi connectivity index (χ0v) is 13.6. The van der Waals surface area contributed by atoms with Crippen LogP contribution in [0.4, 0.5) is 5.95 Å². The Bertz CT molecular complexity index is 738. The van der Waals surface area contributed by atoms with E-state index in [9.17, 15) is 4.79 Å². The zero-order valence-electron chi connectivity index (χ0n) is 13.6. The summed E-state index contributed by atoms with van der Waals surface area (Å²) in [5, 5.41) is 12.2. The molecule has 0 saturated carbocycles. The molecule has 0 atom stereocenters. The van der Waals surface area contributed by atoms with E-state index in [0.29, 0.717) is 5.69 Å². The first-order valence-corrected chi connectivity index (χ1v) is 7.12. The van der Waals surface area contributed by atoms with Gasteiger partial charge in [0, 0.05) is 5.41 Å². The lowest BCUT2D eigenvalue weighted by molar-refractivity contribution is 0.547. The van der Waals surface area contributed by atoms with Gasteiger partial charge in [-0.15, -0.1) is 10.2 Å². The van der Waals surface area contributed by atoms with Gasteiger partial charge in [-0.25, -0.2) is 5.43 Å². The Morgan fingerprint density at radius 1 is 1.18 bits per heavy atom. The third-order valence-corrected chi connectivity index (χ3v) is 3.21. The van der Waals surface area contributed by atoms with Gasteiger partial charge in [-0.2, -0.15) is 5.10 Å². The molecule has 0 aliphatic rings. The van der Waals surface area contributed by atoms with Crippen LogP contribution < -0.4 is 11.0 Å². The predicted octanol–water partition coefficient (Wildman–Crippen LogP) is 2.61. The quantitative estimate of drug-likeness (QED) is 0.674. The minimum Gasteiger partial charge on any atom is -0.288 e. The largest absolute Gasteiger partial charge is 0.288 e. The van der Waals surface area contributed by atoms with E-state index in [1.165, 1.54) is 5.56 Å². The van der Waals surface area contributed by atoms with Crippen LogP contribution in [0.3, 0.4) is 0 Å². The van der Waals surface area contributed by atoms with Gasteiger partial charge in [0.15, 0.2) is 0 Å². The van der Waals surface area contributed by atoms with Crippen LogP contribution in [0.25, 0.3) is 0 Å². The van der Waals surface area contributed by atoms with E-state index in [2.05, 4.69) is 25.7 Å². The number of nitrogens with zero attached hydrogens (tertiary/aromatic N) is 3. The highest BCUT2D eigenvalue weighted by molar-refractivity contribution is 5.99. The summed E-state index contributed by atoms with van der Waals surface area (Å²) in [6, 6.07) is 8.03. The molecule has 0 unspecified atom stereocenters. The second kappa shape index (κ2) is 6.09. The molecular formula is C16H21N5O. The number of anilines is 1. The van der Waals surface area contributed by atoms with E-state index >= 15 is 0 Å². The van der Waals surface area contributed by atoms with Crippen LogP contribution in [0.1, 0.15) is 44.5 Å². The van der Waals surface area contributed by atoms with Crippen LogP contribution >= 0.6 is 0 Å². The van der Waals surface area contributed by atoms with E-state index in [1.807, 2.05) is 58.9 Å². The average Bonchev–Trinajstić information content (AvgIpc) is 2.44. The molecule has 2 aromatic rings. The third-order valence-electron chi connectivity index (χ3n) is 3.21. The number of hydrazone groups is 1. The summed E-state index contributed by atoms with van der Waals surface area (Å²) in [6.07, 6.45) is 0. The average molecular weight is 299 g/mol. The lowest BCUT2D eigenvalue weighted by atomic mass is 9.93. The molecule has 0 aliphatic heterocycles. The summed E-state index contributed by atoms with van der Waals surface area (Å²) in [6.45, 7) is 9.66. The number of aromatic amines is 1. The molecule has 0 saturated heterocycles. The van der Waals surface area contributed by atoms with E-state index in [0.717, 1.165) is 11.3 Å². The summed E-state index contributed by atoms with van der Waals surface area (Å²) >= 11 is 0. The van der Waals surface area contributed by atoms with Crippen LogP contribution in [0.2, 0.25) is 0 Å².